The van der Waals surface area contributed by atoms with Gasteiger partial charge in [-0.2, -0.15) is 0 Å². The van der Waals surface area contributed by atoms with Crippen LogP contribution in [0, 0.1) is 11.8 Å². The highest BCUT2D eigenvalue weighted by Gasteiger charge is 2.38. The van der Waals surface area contributed by atoms with Crippen molar-refractivity contribution in [2.45, 2.75) is 70.9 Å². The summed E-state index contributed by atoms with van der Waals surface area (Å²) in [5.74, 6) is -0.751. The van der Waals surface area contributed by atoms with E-state index in [0.29, 0.717) is 24.2 Å². The molecule has 0 unspecified atom stereocenters. The molecule has 0 radical (unpaired) electrons. The lowest BCUT2D eigenvalue weighted by atomic mass is 9.95. The Morgan fingerprint density at radius 2 is 1.68 bits per heavy atom. The molecule has 2 aliphatic rings. The first kappa shape index (κ1) is 31.1. The number of hydrogen-bond donors (Lipinski definition) is 4. The second-order valence-corrected chi connectivity index (χ2v) is 11.5. The number of aliphatic hydroxyl groups is 1. The molecule has 9 nitrogen and oxygen atoms in total. The minimum absolute atomic E-state index is 0.00227. The zero-order chi connectivity index (χ0) is 29.4. The summed E-state index contributed by atoms with van der Waals surface area (Å²) in [4.78, 5) is 42.6. The molecule has 40 heavy (non-hydrogen) atoms. The number of rotatable bonds is 8. The molecule has 2 aromatic rings. The fourth-order valence-electron chi connectivity index (χ4n) is 4.81. The van der Waals surface area contributed by atoms with Gasteiger partial charge in [-0.15, -0.1) is 0 Å². The van der Waals surface area contributed by atoms with Crippen LogP contribution >= 0.6 is 0 Å². The molecule has 0 saturated carbocycles. The molecule has 4 N–H and O–H groups in total. The summed E-state index contributed by atoms with van der Waals surface area (Å²) < 4.78 is 6.32. The van der Waals surface area contributed by atoms with Crippen molar-refractivity contribution in [3.63, 3.8) is 0 Å². The maximum atomic E-state index is 13.9. The van der Waals surface area contributed by atoms with Gasteiger partial charge in [-0.05, 0) is 62.0 Å². The molecule has 0 aliphatic carbocycles. The molecular formula is C31H44N4O5. The molecule has 0 fully saturated rings. The standard InChI is InChI=1S/C31H44N4O5/c1-19(2)16-24-29(37)32-18-26(36)22-12-14-23(15-13-22)40-28(20(3)4)27(31(39)33-24)34-30(38)25(35(5)6)17-21-10-8-7-9-11-21/h7-15,19-20,24-28,36H,16-18H2,1-6H3,(H,32,37)(H,33,39)(H,34,38)/t24-,25-,26-,27-,28-/m0/s1. The third-order valence-electron chi connectivity index (χ3n) is 7.11. The molecule has 5 atom stereocenters. The number of hydrogen-bond acceptors (Lipinski definition) is 6. The molecule has 9 heteroatoms. The van der Waals surface area contributed by atoms with E-state index in [1.54, 1.807) is 24.3 Å². The monoisotopic (exact) mass is 552 g/mol. The van der Waals surface area contributed by atoms with Crippen molar-refractivity contribution in [3.8, 4) is 5.75 Å². The second-order valence-electron chi connectivity index (χ2n) is 11.5. The minimum Gasteiger partial charge on any atom is -0.487 e. The van der Waals surface area contributed by atoms with Crippen LogP contribution in [0.25, 0.3) is 0 Å². The summed E-state index contributed by atoms with van der Waals surface area (Å²) >= 11 is 0. The number of aliphatic hydroxyl groups excluding tert-OH is 1. The topological polar surface area (TPSA) is 120 Å². The Morgan fingerprint density at radius 3 is 2.25 bits per heavy atom. The van der Waals surface area contributed by atoms with Gasteiger partial charge in [0.05, 0.1) is 12.1 Å². The van der Waals surface area contributed by atoms with Crippen LogP contribution in [0.1, 0.15) is 51.3 Å². The predicted molar refractivity (Wildman–Crippen MR) is 155 cm³/mol. The lowest BCUT2D eigenvalue weighted by molar-refractivity contribution is -0.136. The maximum absolute atomic E-state index is 13.9. The number of carbonyl (C=O) groups excluding carboxylic acids is 3. The van der Waals surface area contributed by atoms with Crippen LogP contribution in [0.5, 0.6) is 5.75 Å². The smallest absolute Gasteiger partial charge is 0.247 e. The predicted octanol–water partition coefficient (Wildman–Crippen LogP) is 2.44. The van der Waals surface area contributed by atoms with Crippen molar-refractivity contribution >= 4 is 17.7 Å². The van der Waals surface area contributed by atoms with Crippen LogP contribution < -0.4 is 20.7 Å². The number of nitrogens with zero attached hydrogens (tertiary/aromatic N) is 1. The van der Waals surface area contributed by atoms with Crippen molar-refractivity contribution < 1.29 is 24.2 Å². The molecule has 3 amide bonds. The van der Waals surface area contributed by atoms with E-state index in [2.05, 4.69) is 16.0 Å². The number of nitrogens with one attached hydrogen (secondary N) is 3. The molecule has 0 saturated heterocycles. The zero-order valence-corrected chi connectivity index (χ0v) is 24.4. The van der Waals surface area contributed by atoms with Gasteiger partial charge < -0.3 is 25.8 Å². The largest absolute Gasteiger partial charge is 0.487 e. The quantitative estimate of drug-likeness (QED) is 0.399. The Labute approximate surface area is 237 Å². The number of carbonyl (C=O) groups is 3. The number of likely N-dealkylation sites (N-methyl/N-ethyl adjacent to an activating group) is 1. The average Bonchev–Trinajstić information content (AvgIpc) is 2.91. The number of amides is 3. The summed E-state index contributed by atoms with van der Waals surface area (Å²) in [5, 5.41) is 19.2. The van der Waals surface area contributed by atoms with Gasteiger partial charge in [0.15, 0.2) is 0 Å². The molecule has 2 heterocycles. The van der Waals surface area contributed by atoms with Crippen molar-refractivity contribution in [2.24, 2.45) is 11.8 Å². The Kier molecular flexibility index (Phi) is 11.1. The Hall–Kier alpha value is -3.43. The molecular weight excluding hydrogens is 508 g/mol. The van der Waals surface area contributed by atoms with E-state index >= 15 is 0 Å². The van der Waals surface area contributed by atoms with Gasteiger partial charge in [0.25, 0.3) is 0 Å². The van der Waals surface area contributed by atoms with Crippen LogP contribution in [0.3, 0.4) is 0 Å². The molecule has 218 valence electrons. The SMILES string of the molecule is CC(C)C[C@@H]1NC(=O)[C@@H](NC(=O)[C@H](Cc2ccccc2)N(C)C)[C@H](C(C)C)Oc2ccc(cc2)[C@@H](O)CNC1=O. The lowest BCUT2D eigenvalue weighted by Crippen LogP contribution is -2.62. The van der Waals surface area contributed by atoms with Crippen LogP contribution in [-0.4, -0.2) is 72.6 Å². The molecule has 0 aromatic heterocycles. The van der Waals surface area contributed by atoms with Crippen molar-refractivity contribution in [1.29, 1.82) is 0 Å². The third-order valence-corrected chi connectivity index (χ3v) is 7.11. The van der Waals surface area contributed by atoms with Gasteiger partial charge in [-0.1, -0.05) is 70.2 Å². The zero-order valence-electron chi connectivity index (χ0n) is 24.4. The first-order valence-corrected chi connectivity index (χ1v) is 14.0. The highest BCUT2D eigenvalue weighted by Crippen LogP contribution is 2.23. The average molecular weight is 553 g/mol. The summed E-state index contributed by atoms with van der Waals surface area (Å²) in [6, 6.07) is 14.2. The van der Waals surface area contributed by atoms with Crippen LogP contribution in [0.2, 0.25) is 0 Å². The van der Waals surface area contributed by atoms with Crippen LogP contribution in [0.4, 0.5) is 0 Å². The number of fused-ring (bicyclic) bond motifs is 11. The normalized spacial score (nSPS) is 22.9. The van der Waals surface area contributed by atoms with Crippen LogP contribution in [-0.2, 0) is 20.8 Å². The van der Waals surface area contributed by atoms with Crippen LogP contribution in [0.15, 0.2) is 54.6 Å². The molecule has 2 bridgehead atoms. The second kappa shape index (κ2) is 14.3. The fraction of sp³-hybridized carbons (Fsp3) is 0.516. The van der Waals surface area contributed by atoms with Gasteiger partial charge >= 0.3 is 0 Å². The first-order chi connectivity index (χ1) is 19.0. The van der Waals surface area contributed by atoms with E-state index < -0.39 is 42.1 Å². The Balaban J connectivity index is 1.99. The van der Waals surface area contributed by atoms with Crippen molar-refractivity contribution in [1.82, 2.24) is 20.9 Å². The van der Waals surface area contributed by atoms with Crippen molar-refractivity contribution in [2.75, 3.05) is 20.6 Å². The summed E-state index contributed by atoms with van der Waals surface area (Å²) in [5.41, 5.74) is 1.63. The molecule has 2 aliphatic heterocycles. The summed E-state index contributed by atoms with van der Waals surface area (Å²) in [6.07, 6.45) is -0.783. The highest BCUT2D eigenvalue weighted by atomic mass is 16.5. The lowest BCUT2D eigenvalue weighted by Gasteiger charge is -2.34. The highest BCUT2D eigenvalue weighted by molar-refractivity contribution is 5.93. The van der Waals surface area contributed by atoms with Gasteiger partial charge in [0.1, 0.15) is 23.9 Å². The van der Waals surface area contributed by atoms with Gasteiger partial charge in [0.2, 0.25) is 17.7 Å². The fourth-order valence-corrected chi connectivity index (χ4v) is 4.81. The molecule has 2 aromatic carbocycles. The Bertz CT molecular complexity index is 1120. The molecule has 0 spiro atoms. The van der Waals surface area contributed by atoms with E-state index in [4.69, 9.17) is 4.74 Å². The maximum Gasteiger partial charge on any atom is 0.247 e. The van der Waals surface area contributed by atoms with E-state index in [1.165, 1.54) is 0 Å². The number of ether oxygens (including phenoxy) is 1. The summed E-state index contributed by atoms with van der Waals surface area (Å²) in [7, 11) is 3.66. The van der Waals surface area contributed by atoms with Gasteiger partial charge in [-0.25, -0.2) is 0 Å². The summed E-state index contributed by atoms with van der Waals surface area (Å²) in [6.45, 7) is 7.77. The minimum atomic E-state index is -1.07. The van der Waals surface area contributed by atoms with Gasteiger partial charge in [0, 0.05) is 6.54 Å². The third kappa shape index (κ3) is 8.53. The first-order valence-electron chi connectivity index (χ1n) is 14.0. The van der Waals surface area contributed by atoms with Crippen molar-refractivity contribution in [3.05, 3.63) is 65.7 Å². The van der Waals surface area contributed by atoms with Gasteiger partial charge in [-0.3, -0.25) is 19.3 Å². The van der Waals surface area contributed by atoms with E-state index in [0.717, 1.165) is 5.56 Å². The molecule has 4 rings (SSSR count). The van der Waals surface area contributed by atoms with E-state index in [-0.39, 0.29) is 24.3 Å². The number of benzene rings is 2. The van der Waals surface area contributed by atoms with E-state index in [9.17, 15) is 19.5 Å². The Morgan fingerprint density at radius 1 is 1.02 bits per heavy atom. The van der Waals surface area contributed by atoms with E-state index in [1.807, 2.05) is 77.0 Å².